The molecule has 0 saturated heterocycles. The number of likely N-dealkylation sites (N-methyl/N-ethyl adjacent to an activating group) is 1. The maximum atomic E-state index is 3.72. The van der Waals surface area contributed by atoms with E-state index >= 15 is 0 Å². The first-order valence-electron chi connectivity index (χ1n) is 4.58. The zero-order valence-electron chi connectivity index (χ0n) is 8.53. The van der Waals surface area contributed by atoms with Gasteiger partial charge in [-0.2, -0.15) is 0 Å². The zero-order chi connectivity index (χ0) is 10.4. The first kappa shape index (κ1) is 10.4. The second-order valence-corrected chi connectivity index (χ2v) is 3.03. The van der Waals surface area contributed by atoms with E-state index in [2.05, 4.69) is 29.4 Å². The van der Waals surface area contributed by atoms with Crippen LogP contribution in [0, 0.1) is 0 Å². The quantitative estimate of drug-likeness (QED) is 0.715. The molecule has 0 radical (unpaired) electrons. The van der Waals surface area contributed by atoms with E-state index in [1.165, 1.54) is 0 Å². The van der Waals surface area contributed by atoms with Gasteiger partial charge in [0.05, 0.1) is 11.4 Å². The van der Waals surface area contributed by atoms with E-state index in [0.717, 1.165) is 17.9 Å². The van der Waals surface area contributed by atoms with Crippen LogP contribution in [0.1, 0.15) is 0 Å². The molecule has 0 bridgehead atoms. The van der Waals surface area contributed by atoms with E-state index in [1.807, 2.05) is 31.3 Å². The summed E-state index contributed by atoms with van der Waals surface area (Å²) in [7, 11) is 2.03. The Balaban J connectivity index is 2.92. The minimum atomic E-state index is 0.829. The van der Waals surface area contributed by atoms with Crippen LogP contribution in [0.3, 0.4) is 0 Å². The molecule has 0 atom stereocenters. The van der Waals surface area contributed by atoms with Gasteiger partial charge in [0.1, 0.15) is 0 Å². The normalized spacial score (nSPS) is 9.21. The molecule has 0 unspecified atom stereocenters. The molecule has 2 heteroatoms. The van der Waals surface area contributed by atoms with Crippen LogP contribution in [0.2, 0.25) is 0 Å². The lowest BCUT2D eigenvalue weighted by Gasteiger charge is -2.20. The first-order chi connectivity index (χ1) is 6.79. The highest BCUT2D eigenvalue weighted by molar-refractivity contribution is 5.70. The van der Waals surface area contributed by atoms with Gasteiger partial charge in [-0.25, -0.2) is 0 Å². The summed E-state index contributed by atoms with van der Waals surface area (Å²) in [4.78, 5) is 2.12. The van der Waals surface area contributed by atoms with Gasteiger partial charge in [0.25, 0.3) is 0 Å². The van der Waals surface area contributed by atoms with Crippen LogP contribution in [0.4, 0.5) is 11.4 Å². The van der Waals surface area contributed by atoms with Gasteiger partial charge >= 0.3 is 0 Å². The zero-order valence-corrected chi connectivity index (χ0v) is 8.53. The number of benzene rings is 1. The van der Waals surface area contributed by atoms with E-state index in [1.54, 1.807) is 6.20 Å². The van der Waals surface area contributed by atoms with Crippen LogP contribution in [-0.4, -0.2) is 13.6 Å². The van der Waals surface area contributed by atoms with Crippen molar-refractivity contribution in [2.24, 2.45) is 0 Å². The number of nitrogens with one attached hydrogen (secondary N) is 1. The summed E-state index contributed by atoms with van der Waals surface area (Å²) < 4.78 is 0. The van der Waals surface area contributed by atoms with E-state index in [0.29, 0.717) is 0 Å². The molecule has 2 nitrogen and oxygen atoms in total. The summed E-state index contributed by atoms with van der Waals surface area (Å²) in [5.41, 5.74) is 2.21. The average Bonchev–Trinajstić information content (AvgIpc) is 2.19. The molecule has 14 heavy (non-hydrogen) atoms. The maximum Gasteiger partial charge on any atom is 0.0617 e. The first-order valence-corrected chi connectivity index (χ1v) is 4.58. The molecular weight excluding hydrogens is 172 g/mol. The summed E-state index contributed by atoms with van der Waals surface area (Å²) in [5, 5.41) is 3.10. The van der Waals surface area contributed by atoms with E-state index in [9.17, 15) is 0 Å². The molecule has 0 aliphatic heterocycles. The predicted molar refractivity (Wildman–Crippen MR) is 63.7 cm³/mol. The third kappa shape index (κ3) is 2.39. The predicted octanol–water partition coefficient (Wildman–Crippen LogP) is 2.86. The number of anilines is 2. The van der Waals surface area contributed by atoms with Gasteiger partial charge in [-0.15, -0.1) is 6.58 Å². The fourth-order valence-corrected chi connectivity index (χ4v) is 1.33. The Bertz CT molecular complexity index is 318. The van der Waals surface area contributed by atoms with Gasteiger partial charge < -0.3 is 10.2 Å². The molecular formula is C12H16N2. The van der Waals surface area contributed by atoms with Crippen molar-refractivity contribution in [2.75, 3.05) is 23.8 Å². The Labute approximate surface area is 85.6 Å². The fourth-order valence-electron chi connectivity index (χ4n) is 1.33. The monoisotopic (exact) mass is 188 g/mol. The molecule has 1 rings (SSSR count). The molecule has 0 spiro atoms. The van der Waals surface area contributed by atoms with Crippen molar-refractivity contribution in [1.29, 1.82) is 0 Å². The highest BCUT2D eigenvalue weighted by atomic mass is 15.1. The SMILES string of the molecule is C=CCN(C)c1ccccc1NC=C. The van der Waals surface area contributed by atoms with E-state index < -0.39 is 0 Å². The third-order valence-electron chi connectivity index (χ3n) is 1.98. The molecule has 0 heterocycles. The van der Waals surface area contributed by atoms with Crippen molar-refractivity contribution in [3.05, 3.63) is 49.7 Å². The van der Waals surface area contributed by atoms with E-state index in [4.69, 9.17) is 0 Å². The highest BCUT2D eigenvalue weighted by Crippen LogP contribution is 2.24. The van der Waals surface area contributed by atoms with Crippen LogP contribution < -0.4 is 10.2 Å². The largest absolute Gasteiger partial charge is 0.369 e. The Morgan fingerprint density at radius 2 is 2.07 bits per heavy atom. The van der Waals surface area contributed by atoms with E-state index in [-0.39, 0.29) is 0 Å². The Morgan fingerprint density at radius 3 is 2.71 bits per heavy atom. The number of rotatable bonds is 5. The second kappa shape index (κ2) is 5.12. The van der Waals surface area contributed by atoms with Crippen molar-refractivity contribution in [3.63, 3.8) is 0 Å². The van der Waals surface area contributed by atoms with Crippen molar-refractivity contribution < 1.29 is 0 Å². The summed E-state index contributed by atoms with van der Waals surface area (Å²) in [5.74, 6) is 0. The van der Waals surface area contributed by atoms with Gasteiger partial charge in [0.2, 0.25) is 0 Å². The van der Waals surface area contributed by atoms with Crippen molar-refractivity contribution >= 4 is 11.4 Å². The highest BCUT2D eigenvalue weighted by Gasteiger charge is 2.03. The van der Waals surface area contributed by atoms with Gasteiger partial charge in [0, 0.05) is 13.6 Å². The van der Waals surface area contributed by atoms with Gasteiger partial charge in [-0.1, -0.05) is 24.8 Å². The summed E-state index contributed by atoms with van der Waals surface area (Å²) >= 11 is 0. The molecule has 0 aliphatic carbocycles. The molecule has 0 amide bonds. The molecule has 0 aromatic heterocycles. The van der Waals surface area contributed by atoms with Crippen molar-refractivity contribution in [3.8, 4) is 0 Å². The lowest BCUT2D eigenvalue weighted by atomic mass is 10.2. The summed E-state index contributed by atoms with van der Waals surface area (Å²) in [6.07, 6.45) is 3.56. The molecule has 74 valence electrons. The summed E-state index contributed by atoms with van der Waals surface area (Å²) in [6, 6.07) is 8.10. The third-order valence-corrected chi connectivity index (χ3v) is 1.98. The van der Waals surface area contributed by atoms with Crippen LogP contribution >= 0.6 is 0 Å². The lowest BCUT2D eigenvalue weighted by molar-refractivity contribution is 1.03. The number of nitrogens with zero attached hydrogens (tertiary/aromatic N) is 1. The van der Waals surface area contributed by atoms with Crippen LogP contribution in [0.5, 0.6) is 0 Å². The number of hydrogen-bond acceptors (Lipinski definition) is 2. The molecule has 0 saturated carbocycles. The molecule has 0 aliphatic rings. The lowest BCUT2D eigenvalue weighted by Crippen LogP contribution is -2.17. The minimum Gasteiger partial charge on any atom is -0.369 e. The molecule has 0 fully saturated rings. The Kier molecular flexibility index (Phi) is 3.80. The van der Waals surface area contributed by atoms with Gasteiger partial charge in [-0.3, -0.25) is 0 Å². The van der Waals surface area contributed by atoms with Crippen molar-refractivity contribution in [2.45, 2.75) is 0 Å². The smallest absolute Gasteiger partial charge is 0.0617 e. The second-order valence-electron chi connectivity index (χ2n) is 3.03. The molecule has 1 aromatic carbocycles. The summed E-state index contributed by atoms with van der Waals surface area (Å²) in [6.45, 7) is 8.20. The number of hydrogen-bond donors (Lipinski definition) is 1. The Morgan fingerprint density at radius 1 is 1.36 bits per heavy atom. The number of para-hydroxylation sites is 2. The van der Waals surface area contributed by atoms with Crippen LogP contribution in [0.15, 0.2) is 49.7 Å². The van der Waals surface area contributed by atoms with Gasteiger partial charge in [-0.05, 0) is 18.3 Å². The average molecular weight is 188 g/mol. The van der Waals surface area contributed by atoms with Crippen LogP contribution in [0.25, 0.3) is 0 Å². The Hall–Kier alpha value is -1.70. The van der Waals surface area contributed by atoms with Gasteiger partial charge in [0.15, 0.2) is 0 Å². The standard InChI is InChI=1S/C12H16N2/c1-4-10-14(3)12-9-7-6-8-11(12)13-5-2/h4-9,13H,1-2,10H2,3H3. The fraction of sp³-hybridized carbons (Fsp3) is 0.167. The van der Waals surface area contributed by atoms with Crippen LogP contribution in [-0.2, 0) is 0 Å². The molecule has 1 aromatic rings. The topological polar surface area (TPSA) is 15.3 Å². The maximum absolute atomic E-state index is 3.72. The van der Waals surface area contributed by atoms with Crippen molar-refractivity contribution in [1.82, 2.24) is 0 Å². The molecule has 1 N–H and O–H groups in total. The minimum absolute atomic E-state index is 0.829.